The zero-order chi connectivity index (χ0) is 25.2. The Balaban J connectivity index is 1.41. The number of aromatic nitrogens is 1. The van der Waals surface area contributed by atoms with Gasteiger partial charge >= 0.3 is 0 Å². The molecule has 0 spiro atoms. The molecule has 36 heavy (non-hydrogen) atoms. The van der Waals surface area contributed by atoms with Crippen molar-refractivity contribution in [1.29, 1.82) is 0 Å². The molecule has 0 fully saturated rings. The molecule has 1 N–H and O–H groups in total. The van der Waals surface area contributed by atoms with E-state index in [0.29, 0.717) is 34.2 Å². The Morgan fingerprint density at radius 2 is 1.58 bits per heavy atom. The van der Waals surface area contributed by atoms with Crippen molar-refractivity contribution in [3.63, 3.8) is 0 Å². The summed E-state index contributed by atoms with van der Waals surface area (Å²) in [7, 11) is 3.13. The number of amides is 1. The first-order valence-electron chi connectivity index (χ1n) is 10.9. The third kappa shape index (κ3) is 4.36. The number of benzene rings is 4. The van der Waals surface area contributed by atoms with Crippen molar-refractivity contribution < 1.29 is 27.8 Å². The van der Waals surface area contributed by atoms with Gasteiger partial charge in [0.1, 0.15) is 11.5 Å². The van der Waals surface area contributed by atoms with E-state index in [2.05, 4.69) is 10.3 Å². The first-order valence-corrected chi connectivity index (χ1v) is 10.9. The quantitative estimate of drug-likeness (QED) is 0.288. The fraction of sp³-hybridized carbons (Fsp3) is 0.0714. The van der Waals surface area contributed by atoms with E-state index >= 15 is 0 Å². The average Bonchev–Trinajstić information content (AvgIpc) is 2.89. The van der Waals surface area contributed by atoms with E-state index in [1.54, 1.807) is 56.8 Å². The molecule has 1 heterocycles. The van der Waals surface area contributed by atoms with Crippen molar-refractivity contribution in [3.8, 4) is 23.0 Å². The van der Waals surface area contributed by atoms with Crippen LogP contribution >= 0.6 is 0 Å². The Bertz CT molecular complexity index is 1620. The normalized spacial score (nSPS) is 10.9. The first-order chi connectivity index (χ1) is 17.5. The van der Waals surface area contributed by atoms with Gasteiger partial charge in [0, 0.05) is 23.3 Å². The number of rotatable bonds is 6. The van der Waals surface area contributed by atoms with Crippen LogP contribution in [0.5, 0.6) is 23.0 Å². The van der Waals surface area contributed by atoms with Crippen LogP contribution in [0, 0.1) is 11.6 Å². The molecule has 0 unspecified atom stereocenters. The highest BCUT2D eigenvalue weighted by Gasteiger charge is 2.16. The monoisotopic (exact) mass is 486 g/mol. The van der Waals surface area contributed by atoms with Gasteiger partial charge in [0.15, 0.2) is 23.1 Å². The summed E-state index contributed by atoms with van der Waals surface area (Å²) >= 11 is 0. The Hall–Kier alpha value is -4.72. The van der Waals surface area contributed by atoms with Gasteiger partial charge in [-0.1, -0.05) is 18.2 Å². The molecule has 0 atom stereocenters. The van der Waals surface area contributed by atoms with Crippen LogP contribution in [0.3, 0.4) is 0 Å². The second-order valence-electron chi connectivity index (χ2n) is 7.91. The summed E-state index contributed by atoms with van der Waals surface area (Å²) in [6.07, 6.45) is 1.65. The number of hydrogen-bond acceptors (Lipinski definition) is 5. The molecule has 1 aromatic heterocycles. The summed E-state index contributed by atoms with van der Waals surface area (Å²) in [5.74, 6) is -0.657. The van der Waals surface area contributed by atoms with Gasteiger partial charge in [-0.25, -0.2) is 8.78 Å². The van der Waals surface area contributed by atoms with Crippen LogP contribution in [0.1, 0.15) is 10.4 Å². The minimum atomic E-state index is -1.18. The smallest absolute Gasteiger partial charge is 0.258 e. The lowest BCUT2D eigenvalue weighted by molar-refractivity contribution is 0.102. The van der Waals surface area contributed by atoms with Crippen LogP contribution in [-0.4, -0.2) is 25.1 Å². The van der Waals surface area contributed by atoms with Gasteiger partial charge < -0.3 is 19.5 Å². The van der Waals surface area contributed by atoms with Crippen molar-refractivity contribution in [2.45, 2.75) is 0 Å². The van der Waals surface area contributed by atoms with E-state index in [-0.39, 0.29) is 5.56 Å². The molecule has 8 heteroatoms. The molecule has 1 amide bonds. The number of carbonyl (C=O) groups excluding carboxylic acids is 1. The van der Waals surface area contributed by atoms with Crippen LogP contribution in [0.15, 0.2) is 79.0 Å². The Morgan fingerprint density at radius 1 is 0.833 bits per heavy atom. The highest BCUT2D eigenvalue weighted by molar-refractivity contribution is 6.05. The number of ether oxygens (including phenoxy) is 3. The summed E-state index contributed by atoms with van der Waals surface area (Å²) < 4.78 is 44.3. The first kappa shape index (κ1) is 23.0. The lowest BCUT2D eigenvalue weighted by Gasteiger charge is -2.13. The van der Waals surface area contributed by atoms with E-state index in [0.717, 1.165) is 22.2 Å². The topological polar surface area (TPSA) is 69.7 Å². The number of carbonyl (C=O) groups is 1. The summed E-state index contributed by atoms with van der Waals surface area (Å²) in [5.41, 5.74) is 0.782. The fourth-order valence-electron chi connectivity index (χ4n) is 3.91. The number of hydrogen-bond donors (Lipinski definition) is 1. The van der Waals surface area contributed by atoms with E-state index in [1.807, 2.05) is 18.2 Å². The summed E-state index contributed by atoms with van der Waals surface area (Å²) in [6.45, 7) is 0. The van der Waals surface area contributed by atoms with Gasteiger partial charge in [0.25, 0.3) is 5.91 Å². The van der Waals surface area contributed by atoms with Gasteiger partial charge in [0.05, 0.1) is 25.3 Å². The van der Waals surface area contributed by atoms with Gasteiger partial charge in [0.2, 0.25) is 0 Å². The van der Waals surface area contributed by atoms with Crippen molar-refractivity contribution >= 4 is 33.3 Å². The van der Waals surface area contributed by atoms with E-state index in [4.69, 9.17) is 14.2 Å². The number of fused-ring (bicyclic) bond motifs is 2. The molecule has 4 aromatic carbocycles. The minimum Gasteiger partial charge on any atom is -0.493 e. The third-order valence-corrected chi connectivity index (χ3v) is 5.70. The molecular formula is C28H20F2N2O4. The minimum absolute atomic E-state index is 0.363. The molecule has 0 saturated carbocycles. The van der Waals surface area contributed by atoms with Crippen LogP contribution in [-0.2, 0) is 0 Å². The maximum atomic E-state index is 13.9. The maximum absolute atomic E-state index is 13.9. The second-order valence-corrected chi connectivity index (χ2v) is 7.91. The van der Waals surface area contributed by atoms with Crippen molar-refractivity contribution in [3.05, 3.63) is 96.2 Å². The molecule has 180 valence electrons. The zero-order valence-electron chi connectivity index (χ0n) is 19.3. The Morgan fingerprint density at radius 3 is 2.39 bits per heavy atom. The SMILES string of the molecule is COc1cc2nccc(Oc3ccc4cc(NC(=O)c5cccc(F)c5F)ccc4c3)c2cc1OC. The van der Waals surface area contributed by atoms with Gasteiger partial charge in [-0.05, 0) is 59.3 Å². The molecule has 0 aliphatic rings. The molecule has 6 nitrogen and oxygen atoms in total. The molecule has 5 rings (SSSR count). The maximum Gasteiger partial charge on any atom is 0.258 e. The Kier molecular flexibility index (Phi) is 6.08. The summed E-state index contributed by atoms with van der Waals surface area (Å²) in [4.78, 5) is 16.8. The average molecular weight is 486 g/mol. The highest BCUT2D eigenvalue weighted by atomic mass is 19.2. The molecule has 5 aromatic rings. The lowest BCUT2D eigenvalue weighted by Crippen LogP contribution is -2.14. The standard InChI is InChI=1S/C28H20F2N2O4/c1-34-25-14-21-23(15-26(25)35-2)31-11-10-24(21)36-19-9-7-16-12-18(8-6-17(16)13-19)32-28(33)20-4-3-5-22(29)27(20)30/h3-15H,1-2H3,(H,32,33). The fourth-order valence-corrected chi connectivity index (χ4v) is 3.91. The lowest BCUT2D eigenvalue weighted by atomic mass is 10.1. The van der Waals surface area contributed by atoms with Gasteiger partial charge in [-0.3, -0.25) is 9.78 Å². The zero-order valence-corrected chi connectivity index (χ0v) is 19.3. The van der Waals surface area contributed by atoms with Crippen LogP contribution in [0.4, 0.5) is 14.5 Å². The highest BCUT2D eigenvalue weighted by Crippen LogP contribution is 2.37. The number of halogens is 2. The number of anilines is 1. The van der Waals surface area contributed by atoms with E-state index < -0.39 is 17.5 Å². The number of nitrogens with one attached hydrogen (secondary N) is 1. The third-order valence-electron chi connectivity index (χ3n) is 5.70. The van der Waals surface area contributed by atoms with Crippen LogP contribution in [0.2, 0.25) is 0 Å². The molecule has 0 aliphatic heterocycles. The Labute approximate surface area is 205 Å². The van der Waals surface area contributed by atoms with Crippen molar-refractivity contribution in [2.24, 2.45) is 0 Å². The molecule has 0 bridgehead atoms. The number of nitrogens with zero attached hydrogens (tertiary/aromatic N) is 1. The molecule has 0 radical (unpaired) electrons. The largest absolute Gasteiger partial charge is 0.493 e. The summed E-state index contributed by atoms with van der Waals surface area (Å²) in [6, 6.07) is 19.6. The van der Waals surface area contributed by atoms with Crippen molar-refractivity contribution in [1.82, 2.24) is 4.98 Å². The molecular weight excluding hydrogens is 466 g/mol. The predicted molar refractivity (Wildman–Crippen MR) is 133 cm³/mol. The number of methoxy groups -OCH3 is 2. The van der Waals surface area contributed by atoms with Crippen molar-refractivity contribution in [2.75, 3.05) is 19.5 Å². The molecule has 0 saturated heterocycles. The van der Waals surface area contributed by atoms with Crippen LogP contribution < -0.4 is 19.5 Å². The summed E-state index contributed by atoms with van der Waals surface area (Å²) in [5, 5.41) is 5.06. The molecule has 0 aliphatic carbocycles. The number of pyridine rings is 1. The van der Waals surface area contributed by atoms with E-state index in [9.17, 15) is 13.6 Å². The van der Waals surface area contributed by atoms with Gasteiger partial charge in [-0.2, -0.15) is 0 Å². The van der Waals surface area contributed by atoms with Gasteiger partial charge in [-0.15, -0.1) is 0 Å². The van der Waals surface area contributed by atoms with Crippen LogP contribution in [0.25, 0.3) is 21.7 Å². The predicted octanol–water partition coefficient (Wildman–Crippen LogP) is 6.73. The van der Waals surface area contributed by atoms with E-state index in [1.165, 1.54) is 12.1 Å². The second kappa shape index (κ2) is 9.50.